The van der Waals surface area contributed by atoms with E-state index in [1.807, 2.05) is 23.2 Å². The zero-order valence-electron chi connectivity index (χ0n) is 16.7. The van der Waals surface area contributed by atoms with E-state index in [1.165, 1.54) is 20.2 Å². The summed E-state index contributed by atoms with van der Waals surface area (Å²) in [6.45, 7) is 8.77. The first kappa shape index (κ1) is 23.2. The summed E-state index contributed by atoms with van der Waals surface area (Å²) in [5.41, 5.74) is 1.29. The SMILES string of the molecule is CCNC(=NCC(=O)N1CCc2sccc2C1)NC(C)Cc1ccc(C)s1.I. The summed E-state index contributed by atoms with van der Waals surface area (Å²) in [4.78, 5) is 23.1. The first-order valence-corrected chi connectivity index (χ1v) is 11.2. The van der Waals surface area contributed by atoms with Crippen LogP contribution in [0.5, 0.6) is 0 Å². The van der Waals surface area contributed by atoms with Crippen molar-refractivity contribution in [2.45, 2.75) is 46.2 Å². The van der Waals surface area contributed by atoms with E-state index in [-0.39, 0.29) is 42.5 Å². The van der Waals surface area contributed by atoms with Crippen LogP contribution in [0.25, 0.3) is 0 Å². The molecule has 0 bridgehead atoms. The van der Waals surface area contributed by atoms with Gasteiger partial charge < -0.3 is 15.5 Å². The summed E-state index contributed by atoms with van der Waals surface area (Å²) in [5, 5.41) is 8.78. The smallest absolute Gasteiger partial charge is 0.244 e. The van der Waals surface area contributed by atoms with E-state index in [9.17, 15) is 4.79 Å². The van der Waals surface area contributed by atoms with Gasteiger partial charge in [-0.2, -0.15) is 0 Å². The van der Waals surface area contributed by atoms with Gasteiger partial charge >= 0.3 is 0 Å². The third-order valence-electron chi connectivity index (χ3n) is 4.56. The fraction of sp³-hybridized carbons (Fsp3) is 0.500. The number of thiophene rings is 2. The van der Waals surface area contributed by atoms with E-state index in [4.69, 9.17) is 0 Å². The van der Waals surface area contributed by atoms with E-state index >= 15 is 0 Å². The highest BCUT2D eigenvalue weighted by Crippen LogP contribution is 2.24. The van der Waals surface area contributed by atoms with Crippen molar-refractivity contribution < 1.29 is 4.79 Å². The Morgan fingerprint density at radius 3 is 2.89 bits per heavy atom. The topological polar surface area (TPSA) is 56.7 Å². The zero-order chi connectivity index (χ0) is 19.2. The molecule has 0 spiro atoms. The fourth-order valence-corrected chi connectivity index (χ4v) is 5.12. The van der Waals surface area contributed by atoms with Gasteiger partial charge in [-0.1, -0.05) is 0 Å². The lowest BCUT2D eigenvalue weighted by molar-refractivity contribution is -0.130. The molecule has 0 radical (unpaired) electrons. The third kappa shape index (κ3) is 6.45. The summed E-state index contributed by atoms with van der Waals surface area (Å²) in [6.07, 6.45) is 1.90. The summed E-state index contributed by atoms with van der Waals surface area (Å²) < 4.78 is 0. The Hall–Kier alpha value is -1.13. The van der Waals surface area contributed by atoms with Gasteiger partial charge in [0.2, 0.25) is 5.91 Å². The molecule has 0 saturated heterocycles. The van der Waals surface area contributed by atoms with Crippen molar-refractivity contribution >= 4 is 58.5 Å². The van der Waals surface area contributed by atoms with Crippen LogP contribution in [0, 0.1) is 6.92 Å². The average molecular weight is 533 g/mol. The van der Waals surface area contributed by atoms with E-state index in [0.29, 0.717) is 12.5 Å². The molecule has 0 aromatic carbocycles. The van der Waals surface area contributed by atoms with E-state index in [0.717, 1.165) is 25.9 Å². The lowest BCUT2D eigenvalue weighted by atomic mass is 10.1. The van der Waals surface area contributed by atoms with Gasteiger partial charge in [-0.25, -0.2) is 4.99 Å². The monoisotopic (exact) mass is 532 g/mol. The highest BCUT2D eigenvalue weighted by molar-refractivity contribution is 14.0. The molecule has 3 heterocycles. The van der Waals surface area contributed by atoms with Crippen LogP contribution >= 0.6 is 46.7 Å². The summed E-state index contributed by atoms with van der Waals surface area (Å²) >= 11 is 3.62. The number of rotatable bonds is 6. The maximum Gasteiger partial charge on any atom is 0.244 e. The standard InChI is InChI=1S/C20H28N4OS2.HI/c1-4-21-20(23-14(2)11-17-6-5-15(3)27-17)22-12-19(25)24-9-7-18-16(13-24)8-10-26-18;/h5-6,8,10,14H,4,7,9,11-13H2,1-3H3,(H2,21,22,23);1H. The Bertz CT molecular complexity index is 802. The molecule has 0 fully saturated rings. The van der Waals surface area contributed by atoms with Crippen LogP contribution < -0.4 is 10.6 Å². The van der Waals surface area contributed by atoms with Gasteiger partial charge in [-0.3, -0.25) is 4.79 Å². The van der Waals surface area contributed by atoms with Crippen LogP contribution in [-0.2, 0) is 24.2 Å². The Morgan fingerprint density at radius 1 is 1.36 bits per heavy atom. The number of aliphatic imine (C=N–C) groups is 1. The number of hydrogen-bond donors (Lipinski definition) is 2. The molecule has 8 heteroatoms. The maximum atomic E-state index is 12.6. The molecule has 2 N–H and O–H groups in total. The van der Waals surface area contributed by atoms with Crippen molar-refractivity contribution in [1.29, 1.82) is 0 Å². The second-order valence-corrected chi connectivity index (χ2v) is 9.26. The molecule has 1 aliphatic rings. The van der Waals surface area contributed by atoms with Gasteiger partial charge in [0.25, 0.3) is 0 Å². The summed E-state index contributed by atoms with van der Waals surface area (Å²) in [5.74, 6) is 0.797. The molecule has 1 amide bonds. The lowest BCUT2D eigenvalue weighted by Crippen LogP contribution is -2.44. The van der Waals surface area contributed by atoms with Crippen LogP contribution in [0.15, 0.2) is 28.6 Å². The molecule has 1 atom stereocenters. The first-order valence-electron chi connectivity index (χ1n) is 9.48. The number of hydrogen-bond acceptors (Lipinski definition) is 4. The van der Waals surface area contributed by atoms with Crippen molar-refractivity contribution in [3.63, 3.8) is 0 Å². The third-order valence-corrected chi connectivity index (χ3v) is 6.61. The van der Waals surface area contributed by atoms with Gasteiger partial charge in [0.15, 0.2) is 5.96 Å². The highest BCUT2D eigenvalue weighted by atomic mass is 127. The number of fused-ring (bicyclic) bond motifs is 1. The molecular weight excluding hydrogens is 503 g/mol. The zero-order valence-corrected chi connectivity index (χ0v) is 20.6. The minimum atomic E-state index is 0. The molecule has 28 heavy (non-hydrogen) atoms. The Morgan fingerprint density at radius 2 is 2.18 bits per heavy atom. The Balaban J connectivity index is 0.00000280. The first-order chi connectivity index (χ1) is 13.0. The molecule has 1 aliphatic heterocycles. The molecular formula is C20H29IN4OS2. The lowest BCUT2D eigenvalue weighted by Gasteiger charge is -2.26. The second-order valence-electron chi connectivity index (χ2n) is 6.89. The van der Waals surface area contributed by atoms with Crippen LogP contribution in [0.4, 0.5) is 0 Å². The van der Waals surface area contributed by atoms with E-state index in [1.54, 1.807) is 11.3 Å². The molecule has 0 saturated carbocycles. The largest absolute Gasteiger partial charge is 0.357 e. The predicted molar refractivity (Wildman–Crippen MR) is 130 cm³/mol. The van der Waals surface area contributed by atoms with Gasteiger partial charge in [0.1, 0.15) is 6.54 Å². The van der Waals surface area contributed by atoms with E-state index < -0.39 is 0 Å². The number of nitrogens with zero attached hydrogens (tertiary/aromatic N) is 2. The second kappa shape index (κ2) is 11.2. The number of guanidine groups is 1. The molecule has 5 nitrogen and oxygen atoms in total. The molecule has 1 unspecified atom stereocenters. The summed E-state index contributed by atoms with van der Waals surface area (Å²) in [6, 6.07) is 6.71. The number of carbonyl (C=O) groups is 1. The fourth-order valence-electron chi connectivity index (χ4n) is 3.21. The molecule has 154 valence electrons. The summed E-state index contributed by atoms with van der Waals surface area (Å²) in [7, 11) is 0. The molecule has 2 aromatic heterocycles. The number of amides is 1. The van der Waals surface area contributed by atoms with Crippen LogP contribution in [0.3, 0.4) is 0 Å². The van der Waals surface area contributed by atoms with Gasteiger partial charge in [-0.05, 0) is 56.3 Å². The minimum Gasteiger partial charge on any atom is -0.357 e. The molecule has 0 aliphatic carbocycles. The predicted octanol–water partition coefficient (Wildman–Crippen LogP) is 3.81. The van der Waals surface area contributed by atoms with Gasteiger partial charge in [0.05, 0.1) is 0 Å². The van der Waals surface area contributed by atoms with Crippen molar-refractivity contribution in [3.8, 4) is 0 Å². The normalized spacial score (nSPS) is 14.8. The average Bonchev–Trinajstić information content (AvgIpc) is 3.27. The van der Waals surface area contributed by atoms with Crippen molar-refractivity contribution in [2.24, 2.45) is 4.99 Å². The van der Waals surface area contributed by atoms with Crippen molar-refractivity contribution in [2.75, 3.05) is 19.6 Å². The van der Waals surface area contributed by atoms with Crippen LogP contribution in [0.1, 0.15) is 34.0 Å². The molecule has 3 rings (SSSR count). The van der Waals surface area contributed by atoms with Crippen molar-refractivity contribution in [3.05, 3.63) is 43.8 Å². The Kier molecular flexibility index (Phi) is 9.23. The Labute approximate surface area is 192 Å². The molecule has 2 aromatic rings. The van der Waals surface area contributed by atoms with Gasteiger partial charge in [-0.15, -0.1) is 46.7 Å². The van der Waals surface area contributed by atoms with Crippen LogP contribution in [0.2, 0.25) is 0 Å². The number of nitrogens with one attached hydrogen (secondary N) is 2. The highest BCUT2D eigenvalue weighted by Gasteiger charge is 2.21. The van der Waals surface area contributed by atoms with Crippen LogP contribution in [-0.4, -0.2) is 42.4 Å². The number of aryl methyl sites for hydroxylation is 1. The quantitative estimate of drug-likeness (QED) is 0.338. The van der Waals surface area contributed by atoms with E-state index in [2.05, 4.69) is 53.1 Å². The maximum absolute atomic E-state index is 12.6. The minimum absolute atomic E-state index is 0. The van der Waals surface area contributed by atoms with Gasteiger partial charge in [0, 0.05) is 46.7 Å². The van der Waals surface area contributed by atoms with Crippen molar-refractivity contribution in [1.82, 2.24) is 15.5 Å². The number of carbonyl (C=O) groups excluding carboxylic acids is 1. The number of halogens is 1.